The van der Waals surface area contributed by atoms with Gasteiger partial charge in [0.15, 0.2) is 0 Å². The van der Waals surface area contributed by atoms with Crippen molar-refractivity contribution in [2.75, 3.05) is 20.8 Å². The van der Waals surface area contributed by atoms with Gasteiger partial charge in [-0.25, -0.2) is 0 Å². The van der Waals surface area contributed by atoms with Gasteiger partial charge >= 0.3 is 5.97 Å². The molecule has 6 nitrogen and oxygen atoms in total. The normalized spacial score (nSPS) is 14.2. The van der Waals surface area contributed by atoms with Crippen molar-refractivity contribution in [2.24, 2.45) is 0 Å². The van der Waals surface area contributed by atoms with Crippen LogP contribution in [0.4, 0.5) is 0 Å². The second kappa shape index (κ2) is 7.19. The Morgan fingerprint density at radius 1 is 1.13 bits per heavy atom. The Hall–Kier alpha value is -1.79. The van der Waals surface area contributed by atoms with Gasteiger partial charge in [0.2, 0.25) is 0 Å². The molecule has 130 valence electrons. The Bertz CT molecular complexity index is 540. The number of benzene rings is 1. The number of hydrogen-bond donors (Lipinski definition) is 3. The molecule has 1 aromatic rings. The molecule has 0 spiro atoms. The fraction of sp³-hybridized carbons (Fsp3) is 0.588. The second-order valence-electron chi connectivity index (χ2n) is 6.76. The van der Waals surface area contributed by atoms with Crippen LogP contribution in [0.1, 0.15) is 38.8 Å². The van der Waals surface area contributed by atoms with Gasteiger partial charge in [0.25, 0.3) is 0 Å². The first-order valence-electron chi connectivity index (χ1n) is 7.43. The molecule has 0 unspecified atom stereocenters. The minimum atomic E-state index is -1.43. The first-order chi connectivity index (χ1) is 10.6. The number of carboxylic acids is 1. The summed E-state index contributed by atoms with van der Waals surface area (Å²) < 4.78 is 10.9. The molecule has 0 aliphatic carbocycles. The van der Waals surface area contributed by atoms with E-state index >= 15 is 0 Å². The summed E-state index contributed by atoms with van der Waals surface area (Å²) >= 11 is 0. The Labute approximate surface area is 137 Å². The van der Waals surface area contributed by atoms with Crippen LogP contribution in [0.3, 0.4) is 0 Å². The number of aliphatic carboxylic acids is 1. The average Bonchev–Trinajstić information content (AvgIpc) is 2.50. The van der Waals surface area contributed by atoms with E-state index in [9.17, 15) is 15.0 Å². The van der Waals surface area contributed by atoms with Gasteiger partial charge < -0.3 is 19.7 Å². The van der Waals surface area contributed by atoms with Gasteiger partial charge in [-0.2, -0.15) is 0 Å². The summed E-state index contributed by atoms with van der Waals surface area (Å²) in [6.07, 6.45) is 0. The number of aliphatic hydroxyl groups is 1. The molecular formula is C17H27NO5. The fourth-order valence-corrected chi connectivity index (χ4v) is 2.07. The summed E-state index contributed by atoms with van der Waals surface area (Å²) in [5.74, 6) is 0.115. The number of hydrogen-bond acceptors (Lipinski definition) is 5. The van der Waals surface area contributed by atoms with Crippen LogP contribution in [0.5, 0.6) is 11.5 Å². The number of carbonyl (C=O) groups is 1. The van der Waals surface area contributed by atoms with Crippen LogP contribution in [0.2, 0.25) is 0 Å². The highest BCUT2D eigenvalue weighted by molar-refractivity contribution is 5.78. The van der Waals surface area contributed by atoms with Gasteiger partial charge in [-0.1, -0.05) is 20.8 Å². The summed E-state index contributed by atoms with van der Waals surface area (Å²) in [5, 5.41) is 21.4. The molecule has 0 saturated heterocycles. The van der Waals surface area contributed by atoms with Gasteiger partial charge in [0, 0.05) is 12.1 Å². The van der Waals surface area contributed by atoms with Crippen LogP contribution in [0, 0.1) is 0 Å². The predicted octanol–water partition coefficient (Wildman–Crippen LogP) is 1.93. The van der Waals surface area contributed by atoms with E-state index in [-0.39, 0.29) is 12.0 Å². The zero-order valence-electron chi connectivity index (χ0n) is 14.7. The monoisotopic (exact) mass is 325 g/mol. The number of ether oxygens (including phenoxy) is 2. The Balaban J connectivity index is 3.23. The van der Waals surface area contributed by atoms with E-state index in [0.717, 1.165) is 5.56 Å². The van der Waals surface area contributed by atoms with E-state index < -0.39 is 18.1 Å². The minimum Gasteiger partial charge on any atom is -0.496 e. The molecule has 1 aromatic carbocycles. The van der Waals surface area contributed by atoms with Crippen LogP contribution < -0.4 is 14.8 Å². The second-order valence-corrected chi connectivity index (χ2v) is 6.76. The number of rotatable bonds is 7. The topological polar surface area (TPSA) is 88.0 Å². The summed E-state index contributed by atoms with van der Waals surface area (Å²) in [7, 11) is 3.13. The van der Waals surface area contributed by atoms with Crippen LogP contribution >= 0.6 is 0 Å². The largest absolute Gasteiger partial charge is 0.496 e. The van der Waals surface area contributed by atoms with Crippen molar-refractivity contribution in [3.8, 4) is 11.5 Å². The van der Waals surface area contributed by atoms with Gasteiger partial charge in [-0.3, -0.25) is 10.1 Å². The van der Waals surface area contributed by atoms with E-state index in [4.69, 9.17) is 9.47 Å². The molecule has 6 heteroatoms. The maximum absolute atomic E-state index is 11.3. The number of aliphatic hydroxyl groups excluding tert-OH is 1. The SMILES string of the molecule is COc1cc(C(C)(C)C)cc(OC)c1CN[C@@](C)(CO)C(=O)O. The zero-order valence-corrected chi connectivity index (χ0v) is 14.7. The summed E-state index contributed by atoms with van der Waals surface area (Å²) in [6, 6.07) is 3.85. The lowest BCUT2D eigenvalue weighted by molar-refractivity contribution is -0.145. The van der Waals surface area contributed by atoms with Gasteiger partial charge in [-0.05, 0) is 30.0 Å². The van der Waals surface area contributed by atoms with E-state index in [1.54, 1.807) is 14.2 Å². The number of nitrogens with one attached hydrogen (secondary N) is 1. The van der Waals surface area contributed by atoms with E-state index in [1.165, 1.54) is 6.92 Å². The van der Waals surface area contributed by atoms with Crippen LogP contribution in [0.25, 0.3) is 0 Å². The molecule has 0 aliphatic heterocycles. The smallest absolute Gasteiger partial charge is 0.326 e. The lowest BCUT2D eigenvalue weighted by Gasteiger charge is -2.26. The lowest BCUT2D eigenvalue weighted by Crippen LogP contribution is -2.52. The zero-order chi connectivity index (χ0) is 17.8. The highest BCUT2D eigenvalue weighted by Gasteiger charge is 2.32. The first kappa shape index (κ1) is 19.3. The third-order valence-electron chi connectivity index (χ3n) is 3.92. The van der Waals surface area contributed by atoms with Crippen LogP contribution in [0.15, 0.2) is 12.1 Å². The molecule has 1 rings (SSSR count). The molecule has 1 atom stereocenters. The molecule has 0 fully saturated rings. The fourth-order valence-electron chi connectivity index (χ4n) is 2.07. The molecule has 0 bridgehead atoms. The molecule has 0 aliphatic rings. The van der Waals surface area contributed by atoms with Crippen molar-refractivity contribution < 1.29 is 24.5 Å². The maximum Gasteiger partial charge on any atom is 0.326 e. The predicted molar refractivity (Wildman–Crippen MR) is 88.2 cm³/mol. The number of methoxy groups -OCH3 is 2. The van der Waals surface area contributed by atoms with E-state index in [0.29, 0.717) is 17.1 Å². The molecule has 23 heavy (non-hydrogen) atoms. The summed E-state index contributed by atoms with van der Waals surface area (Å²) in [6.45, 7) is 7.37. The van der Waals surface area contributed by atoms with Crippen molar-refractivity contribution in [2.45, 2.75) is 45.2 Å². The van der Waals surface area contributed by atoms with Gasteiger partial charge in [0.1, 0.15) is 17.0 Å². The molecule has 3 N–H and O–H groups in total. The van der Waals surface area contributed by atoms with E-state index in [2.05, 4.69) is 26.1 Å². The van der Waals surface area contributed by atoms with E-state index in [1.807, 2.05) is 12.1 Å². The molecule has 0 radical (unpaired) electrons. The van der Waals surface area contributed by atoms with Crippen molar-refractivity contribution in [3.63, 3.8) is 0 Å². The molecule has 0 heterocycles. The first-order valence-corrected chi connectivity index (χ1v) is 7.43. The molecule has 0 amide bonds. The minimum absolute atomic E-state index is 0.0762. The Morgan fingerprint density at radius 3 is 1.91 bits per heavy atom. The average molecular weight is 325 g/mol. The quantitative estimate of drug-likeness (QED) is 0.710. The third kappa shape index (κ3) is 4.36. The van der Waals surface area contributed by atoms with Crippen molar-refractivity contribution in [1.29, 1.82) is 0 Å². The molecule has 0 aromatic heterocycles. The van der Waals surface area contributed by atoms with Crippen molar-refractivity contribution in [1.82, 2.24) is 5.32 Å². The van der Waals surface area contributed by atoms with Crippen molar-refractivity contribution >= 4 is 5.97 Å². The standard InChI is InChI=1S/C17H27NO5/c1-16(2,3)11-7-13(22-5)12(14(8-11)23-6)9-18-17(4,10-19)15(20)21/h7-8,18-19H,9-10H2,1-6H3,(H,20,21)/t17-/m0/s1. The Kier molecular flexibility index (Phi) is 6.02. The highest BCUT2D eigenvalue weighted by atomic mass is 16.5. The van der Waals surface area contributed by atoms with Crippen LogP contribution in [-0.4, -0.2) is 42.5 Å². The molecular weight excluding hydrogens is 298 g/mol. The van der Waals surface area contributed by atoms with Crippen molar-refractivity contribution in [3.05, 3.63) is 23.3 Å². The summed E-state index contributed by atoms with van der Waals surface area (Å²) in [4.78, 5) is 11.3. The van der Waals surface area contributed by atoms with Crippen LogP contribution in [-0.2, 0) is 16.8 Å². The maximum atomic E-state index is 11.3. The third-order valence-corrected chi connectivity index (χ3v) is 3.92. The number of carboxylic acid groups (broad SMARTS) is 1. The highest BCUT2D eigenvalue weighted by Crippen LogP contribution is 2.35. The van der Waals surface area contributed by atoms with Gasteiger partial charge in [0.05, 0.1) is 20.8 Å². The van der Waals surface area contributed by atoms with Gasteiger partial charge in [-0.15, -0.1) is 0 Å². The lowest BCUT2D eigenvalue weighted by atomic mass is 9.86. The molecule has 0 saturated carbocycles. The summed E-state index contributed by atoms with van der Waals surface area (Å²) in [5.41, 5.74) is 0.258. The Morgan fingerprint density at radius 2 is 1.61 bits per heavy atom.